The summed E-state index contributed by atoms with van der Waals surface area (Å²) >= 11 is 1.20. The van der Waals surface area contributed by atoms with Crippen LogP contribution in [0.15, 0.2) is 16.6 Å². The predicted octanol–water partition coefficient (Wildman–Crippen LogP) is 0.605. The second-order valence-electron chi connectivity index (χ2n) is 4.23. The summed E-state index contributed by atoms with van der Waals surface area (Å²) in [5, 5.41) is 7.65. The van der Waals surface area contributed by atoms with E-state index in [4.69, 9.17) is 5.73 Å². The maximum absolute atomic E-state index is 12.2. The van der Waals surface area contributed by atoms with Crippen molar-refractivity contribution in [2.24, 2.45) is 5.73 Å². The Bertz CT molecular complexity index is 689. The zero-order valence-electron chi connectivity index (χ0n) is 11.3. The van der Waals surface area contributed by atoms with E-state index in [1.807, 2.05) is 13.8 Å². The van der Waals surface area contributed by atoms with Crippen molar-refractivity contribution in [2.45, 2.75) is 37.7 Å². The van der Waals surface area contributed by atoms with Gasteiger partial charge in [0.1, 0.15) is 16.4 Å². The van der Waals surface area contributed by atoms with Crippen LogP contribution in [0.2, 0.25) is 0 Å². The van der Waals surface area contributed by atoms with Crippen molar-refractivity contribution < 1.29 is 8.42 Å². The first kappa shape index (κ1) is 15.1. The Balaban J connectivity index is 2.15. The molecule has 0 spiro atoms. The quantitative estimate of drug-likeness (QED) is 0.813. The summed E-state index contributed by atoms with van der Waals surface area (Å²) in [6, 6.07) is 1.64. The smallest absolute Gasteiger partial charge is 0.250 e. The highest BCUT2D eigenvalue weighted by Gasteiger charge is 2.19. The maximum atomic E-state index is 12.2. The molecule has 0 saturated heterocycles. The van der Waals surface area contributed by atoms with E-state index in [-0.39, 0.29) is 10.8 Å². The van der Waals surface area contributed by atoms with Gasteiger partial charge in [-0.2, -0.15) is 0 Å². The lowest BCUT2D eigenvalue weighted by atomic mass is 10.3. The molecule has 0 aromatic carbocycles. The minimum absolute atomic E-state index is 0.116. The van der Waals surface area contributed by atoms with Gasteiger partial charge >= 0.3 is 0 Å². The zero-order valence-corrected chi connectivity index (χ0v) is 13.0. The molecular formula is C11H17N5O2S2. The molecule has 0 fully saturated rings. The summed E-state index contributed by atoms with van der Waals surface area (Å²) in [6.45, 7) is 4.95. The molecule has 0 radical (unpaired) electrons. The van der Waals surface area contributed by atoms with E-state index < -0.39 is 10.0 Å². The highest BCUT2D eigenvalue weighted by molar-refractivity contribution is 7.91. The van der Waals surface area contributed by atoms with Gasteiger partial charge < -0.3 is 10.3 Å². The minimum Gasteiger partial charge on any atom is -0.326 e. The number of aromatic nitrogens is 3. The molecule has 0 bridgehead atoms. The SMILES string of the molecule is CCn1cnnc1CNS(=O)(=O)c1cc(C)c(CN)s1. The van der Waals surface area contributed by atoms with Crippen LogP contribution in [0.3, 0.4) is 0 Å². The standard InChI is InChI=1S/C11H17N5O2S2/c1-3-16-7-13-15-10(16)6-14-20(17,18)11-4-8(2)9(5-12)19-11/h4,7,14H,3,5-6,12H2,1-2H3. The van der Waals surface area contributed by atoms with Gasteiger partial charge in [-0.1, -0.05) is 0 Å². The van der Waals surface area contributed by atoms with E-state index in [9.17, 15) is 8.42 Å². The van der Waals surface area contributed by atoms with E-state index in [2.05, 4.69) is 14.9 Å². The van der Waals surface area contributed by atoms with Crippen LogP contribution in [0.25, 0.3) is 0 Å². The van der Waals surface area contributed by atoms with Crippen molar-refractivity contribution in [1.82, 2.24) is 19.5 Å². The van der Waals surface area contributed by atoms with Crippen molar-refractivity contribution >= 4 is 21.4 Å². The van der Waals surface area contributed by atoms with Crippen LogP contribution in [0.5, 0.6) is 0 Å². The van der Waals surface area contributed by atoms with E-state index >= 15 is 0 Å². The van der Waals surface area contributed by atoms with Gasteiger partial charge in [0, 0.05) is 18.0 Å². The molecule has 20 heavy (non-hydrogen) atoms. The summed E-state index contributed by atoms with van der Waals surface area (Å²) in [5.41, 5.74) is 6.47. The molecule has 0 amide bonds. The van der Waals surface area contributed by atoms with Crippen molar-refractivity contribution in [2.75, 3.05) is 0 Å². The molecule has 2 heterocycles. The molecule has 0 saturated carbocycles. The number of nitrogens with one attached hydrogen (secondary N) is 1. The van der Waals surface area contributed by atoms with Crippen molar-refractivity contribution in [3.05, 3.63) is 28.7 Å². The monoisotopic (exact) mass is 315 g/mol. The average molecular weight is 315 g/mol. The number of aryl methyl sites for hydroxylation is 2. The van der Waals surface area contributed by atoms with Crippen LogP contribution in [0.4, 0.5) is 0 Å². The highest BCUT2D eigenvalue weighted by Crippen LogP contribution is 2.25. The third-order valence-corrected chi connectivity index (χ3v) is 6.04. The molecule has 2 aromatic rings. The number of sulfonamides is 1. The third-order valence-electron chi connectivity index (χ3n) is 2.90. The summed E-state index contributed by atoms with van der Waals surface area (Å²) in [7, 11) is -3.54. The van der Waals surface area contributed by atoms with E-state index in [1.54, 1.807) is 17.0 Å². The number of rotatable bonds is 6. The molecule has 2 rings (SSSR count). The van der Waals surface area contributed by atoms with Crippen LogP contribution in [-0.2, 0) is 29.7 Å². The first-order valence-electron chi connectivity index (χ1n) is 6.13. The molecule has 110 valence electrons. The van der Waals surface area contributed by atoms with Gasteiger partial charge in [0.25, 0.3) is 0 Å². The molecule has 0 aliphatic rings. The summed E-state index contributed by atoms with van der Waals surface area (Å²) in [6.07, 6.45) is 1.57. The van der Waals surface area contributed by atoms with Gasteiger partial charge in [-0.05, 0) is 25.5 Å². The lowest BCUT2D eigenvalue weighted by Crippen LogP contribution is -2.24. The molecular weight excluding hydrogens is 298 g/mol. The molecule has 0 unspecified atom stereocenters. The van der Waals surface area contributed by atoms with Gasteiger partial charge in [-0.15, -0.1) is 21.5 Å². The van der Waals surface area contributed by atoms with Crippen LogP contribution in [-0.4, -0.2) is 23.2 Å². The summed E-state index contributed by atoms with van der Waals surface area (Å²) in [4.78, 5) is 0.877. The van der Waals surface area contributed by atoms with Crippen LogP contribution in [0, 0.1) is 6.92 Å². The second-order valence-corrected chi connectivity index (χ2v) is 7.36. The first-order valence-corrected chi connectivity index (χ1v) is 8.43. The van der Waals surface area contributed by atoms with Gasteiger partial charge in [0.2, 0.25) is 10.0 Å². The minimum atomic E-state index is -3.54. The number of hydrogen-bond donors (Lipinski definition) is 2. The normalized spacial score (nSPS) is 11.9. The van der Waals surface area contributed by atoms with Crippen molar-refractivity contribution in [3.63, 3.8) is 0 Å². The molecule has 0 atom stereocenters. The Labute approximate surface area is 121 Å². The Morgan fingerprint density at radius 2 is 2.25 bits per heavy atom. The fourth-order valence-electron chi connectivity index (χ4n) is 1.73. The summed E-state index contributed by atoms with van der Waals surface area (Å²) in [5.74, 6) is 0.586. The molecule has 0 aliphatic carbocycles. The van der Waals surface area contributed by atoms with E-state index in [0.717, 1.165) is 10.4 Å². The number of thiophene rings is 1. The Kier molecular flexibility index (Phi) is 4.53. The molecule has 7 nitrogen and oxygen atoms in total. The Hall–Kier alpha value is -1.29. The van der Waals surface area contributed by atoms with Gasteiger partial charge in [0.05, 0.1) is 6.54 Å². The fourth-order valence-corrected chi connectivity index (χ4v) is 4.23. The van der Waals surface area contributed by atoms with E-state index in [0.29, 0.717) is 18.9 Å². The molecule has 2 aromatic heterocycles. The number of nitrogens with zero attached hydrogens (tertiary/aromatic N) is 3. The largest absolute Gasteiger partial charge is 0.326 e. The zero-order chi connectivity index (χ0) is 14.8. The van der Waals surface area contributed by atoms with Gasteiger partial charge in [-0.3, -0.25) is 0 Å². The van der Waals surface area contributed by atoms with Crippen LogP contribution in [0.1, 0.15) is 23.2 Å². The Morgan fingerprint density at radius 3 is 2.85 bits per heavy atom. The molecule has 3 N–H and O–H groups in total. The fraction of sp³-hybridized carbons (Fsp3) is 0.455. The predicted molar refractivity (Wildman–Crippen MR) is 76.7 cm³/mol. The number of nitrogens with two attached hydrogens (primary N) is 1. The summed E-state index contributed by atoms with van der Waals surface area (Å²) < 4.78 is 29.0. The van der Waals surface area contributed by atoms with Gasteiger partial charge in [-0.25, -0.2) is 13.1 Å². The molecule has 9 heteroatoms. The van der Waals surface area contributed by atoms with Crippen molar-refractivity contribution in [3.8, 4) is 0 Å². The van der Waals surface area contributed by atoms with Crippen molar-refractivity contribution in [1.29, 1.82) is 0 Å². The lowest BCUT2D eigenvalue weighted by molar-refractivity contribution is 0.577. The maximum Gasteiger partial charge on any atom is 0.250 e. The van der Waals surface area contributed by atoms with Crippen LogP contribution < -0.4 is 10.5 Å². The topological polar surface area (TPSA) is 103 Å². The van der Waals surface area contributed by atoms with Crippen LogP contribution >= 0.6 is 11.3 Å². The second kappa shape index (κ2) is 6.00. The average Bonchev–Trinajstić information content (AvgIpc) is 3.02. The Morgan fingerprint density at radius 1 is 1.50 bits per heavy atom. The highest BCUT2D eigenvalue weighted by atomic mass is 32.2. The van der Waals surface area contributed by atoms with E-state index in [1.165, 1.54) is 11.3 Å². The third kappa shape index (κ3) is 3.06. The first-order chi connectivity index (χ1) is 9.47. The number of hydrogen-bond acceptors (Lipinski definition) is 6. The molecule has 0 aliphatic heterocycles. The van der Waals surface area contributed by atoms with Gasteiger partial charge in [0.15, 0.2) is 0 Å². The lowest BCUT2D eigenvalue weighted by Gasteiger charge is -2.05.